The number of rotatable bonds is 3. The van der Waals surface area contributed by atoms with Gasteiger partial charge in [-0.2, -0.15) is 4.98 Å². The summed E-state index contributed by atoms with van der Waals surface area (Å²) in [4.78, 5) is 22.1. The molecule has 0 saturated carbocycles. The van der Waals surface area contributed by atoms with Crippen molar-refractivity contribution in [2.75, 3.05) is 12.3 Å². The number of imidazole rings is 1. The summed E-state index contributed by atoms with van der Waals surface area (Å²) >= 11 is 6.10. The molecule has 2 aromatic rings. The van der Waals surface area contributed by atoms with Crippen molar-refractivity contribution >= 4 is 36.5 Å². The minimum atomic E-state index is -4.01. The van der Waals surface area contributed by atoms with Crippen LogP contribution in [0.15, 0.2) is 11.1 Å². The third-order valence-electron chi connectivity index (χ3n) is 4.03. The molecule has 2 aromatic heterocycles. The number of halogens is 2. The van der Waals surface area contributed by atoms with E-state index in [-0.39, 0.29) is 23.7 Å². The summed E-state index contributed by atoms with van der Waals surface area (Å²) in [5.41, 5.74) is 4.86. The van der Waals surface area contributed by atoms with Gasteiger partial charge in [-0.1, -0.05) is 11.6 Å². The second kappa shape index (κ2) is 6.23. The number of ether oxygens (including phenoxy) is 1. The van der Waals surface area contributed by atoms with Crippen molar-refractivity contribution in [3.8, 4) is 0 Å². The molecule has 2 fully saturated rings. The fourth-order valence-corrected chi connectivity index (χ4v) is 4.98. The number of fused-ring (bicyclic) bond motifs is 2. The Balaban J connectivity index is 1.71. The Bertz CT molecular complexity index is 995. The Morgan fingerprint density at radius 2 is 2.33 bits per heavy atom. The molecule has 148 valence electrons. The molecular formula is C13H16ClFN5O6P. The first-order valence-corrected chi connectivity index (χ1v) is 9.81. The summed E-state index contributed by atoms with van der Waals surface area (Å²) in [5.74, 6) is -0.182. The Labute approximate surface area is 156 Å². The van der Waals surface area contributed by atoms with Gasteiger partial charge in [0.15, 0.2) is 23.5 Å². The third-order valence-corrected chi connectivity index (χ3v) is 6.06. The number of nitrogens with two attached hydrogens (primary N) is 1. The zero-order valence-electron chi connectivity index (χ0n) is 14.2. The maximum atomic E-state index is 15.5. The van der Waals surface area contributed by atoms with E-state index in [1.807, 2.05) is 0 Å². The summed E-state index contributed by atoms with van der Waals surface area (Å²) in [6.45, 7) is 2.99. The van der Waals surface area contributed by atoms with Crippen molar-refractivity contribution in [1.29, 1.82) is 0 Å². The lowest BCUT2D eigenvalue weighted by atomic mass is 10.1. The highest BCUT2D eigenvalue weighted by Crippen LogP contribution is 2.61. The fraction of sp³-hybridized carbons (Fsp3) is 0.615. The van der Waals surface area contributed by atoms with Crippen LogP contribution in [0.5, 0.6) is 0 Å². The van der Waals surface area contributed by atoms with Crippen LogP contribution in [0.25, 0.3) is 11.2 Å². The van der Waals surface area contributed by atoms with Crippen LogP contribution in [0.1, 0.15) is 20.1 Å². The van der Waals surface area contributed by atoms with Crippen LogP contribution in [0.4, 0.5) is 10.3 Å². The highest BCUT2D eigenvalue weighted by Gasteiger charge is 2.63. The average Bonchev–Trinajstić information content (AvgIpc) is 3.05. The molecular weight excluding hydrogens is 408 g/mol. The van der Waals surface area contributed by atoms with E-state index < -0.39 is 43.0 Å². The lowest BCUT2D eigenvalue weighted by Crippen LogP contribution is -2.43. The summed E-state index contributed by atoms with van der Waals surface area (Å²) in [6, 6.07) is 0. The molecule has 2 saturated heterocycles. The highest BCUT2D eigenvalue weighted by molar-refractivity contribution is 7.48. The van der Waals surface area contributed by atoms with Crippen LogP contribution < -0.4 is 11.3 Å². The number of hydrogen-bond acceptors (Lipinski definition) is 9. The average molecular weight is 424 g/mol. The molecule has 27 heavy (non-hydrogen) atoms. The maximum Gasteiger partial charge on any atom is 0.475 e. The van der Waals surface area contributed by atoms with Crippen LogP contribution in [-0.4, -0.2) is 49.6 Å². The number of aromatic amines is 1. The number of nitrogens with zero attached hydrogens (tertiary/aromatic N) is 3. The van der Waals surface area contributed by atoms with Crippen LogP contribution in [0.2, 0.25) is 0 Å². The van der Waals surface area contributed by atoms with Crippen LogP contribution >= 0.6 is 19.4 Å². The van der Waals surface area contributed by atoms with Crippen molar-refractivity contribution in [3.05, 3.63) is 16.7 Å². The first kappa shape index (κ1) is 18.8. The van der Waals surface area contributed by atoms with Gasteiger partial charge in [-0.05, 0) is 13.8 Å². The van der Waals surface area contributed by atoms with E-state index in [9.17, 15) is 9.36 Å². The van der Waals surface area contributed by atoms with E-state index in [2.05, 4.69) is 15.0 Å². The van der Waals surface area contributed by atoms with Crippen molar-refractivity contribution in [2.24, 2.45) is 0 Å². The summed E-state index contributed by atoms with van der Waals surface area (Å²) < 4.78 is 50.2. The molecule has 0 aliphatic carbocycles. The topological polar surface area (TPSA) is 144 Å². The molecule has 5 atom stereocenters. The molecule has 2 aliphatic heterocycles. The first-order chi connectivity index (χ1) is 12.6. The second-order valence-corrected chi connectivity index (χ2v) is 8.55. The molecule has 3 N–H and O–H groups in total. The molecule has 4 heterocycles. The van der Waals surface area contributed by atoms with E-state index >= 15 is 4.39 Å². The molecule has 4 rings (SSSR count). The molecule has 1 unspecified atom stereocenters. The van der Waals surface area contributed by atoms with E-state index in [0.717, 1.165) is 10.9 Å². The van der Waals surface area contributed by atoms with E-state index in [4.69, 9.17) is 35.6 Å². The van der Waals surface area contributed by atoms with Crippen LogP contribution in [0, 0.1) is 0 Å². The van der Waals surface area contributed by atoms with Crippen molar-refractivity contribution in [3.63, 3.8) is 0 Å². The Hall–Kier alpha value is -1.56. The molecule has 14 heteroatoms. The minimum absolute atomic E-state index is 0.0231. The number of H-pyrrole nitrogens is 1. The first-order valence-electron chi connectivity index (χ1n) is 7.98. The standard InChI is InChI=1S/C13H16ClFN5O6P/c1-5(2)25-27(22)23-3-6-8(26-27)13(14,15)11(24-6)20-4-17-7-9(20)18-12(16)19-10(7)21/h4-6,8,11H,3H2,1-2H3,(H3,16,18,19,21)/t6-,8-,11-,13+,27?/m1/s1. The second-order valence-electron chi connectivity index (χ2n) is 6.40. The van der Waals surface area contributed by atoms with Crippen LogP contribution in [0.3, 0.4) is 0 Å². The van der Waals surface area contributed by atoms with Crippen molar-refractivity contribution in [1.82, 2.24) is 19.5 Å². The summed E-state index contributed by atoms with van der Waals surface area (Å²) in [7, 11) is -4.01. The minimum Gasteiger partial charge on any atom is -0.369 e. The van der Waals surface area contributed by atoms with E-state index in [1.165, 1.54) is 0 Å². The predicted molar refractivity (Wildman–Crippen MR) is 90.8 cm³/mol. The normalized spacial score (nSPS) is 36.4. The van der Waals surface area contributed by atoms with Gasteiger partial charge in [0.2, 0.25) is 5.95 Å². The number of nitrogen functional groups attached to an aromatic ring is 1. The molecule has 11 nitrogen and oxygen atoms in total. The summed E-state index contributed by atoms with van der Waals surface area (Å²) in [6.07, 6.45) is -3.23. The van der Waals surface area contributed by atoms with Crippen molar-refractivity contribution < 1.29 is 27.3 Å². The van der Waals surface area contributed by atoms with Crippen molar-refractivity contribution in [2.45, 2.75) is 43.5 Å². The third kappa shape index (κ3) is 3.06. The molecule has 0 amide bonds. The quantitative estimate of drug-likeness (QED) is 0.553. The lowest BCUT2D eigenvalue weighted by molar-refractivity contribution is -0.0733. The van der Waals surface area contributed by atoms with Gasteiger partial charge in [0.1, 0.15) is 6.10 Å². The number of anilines is 1. The number of aromatic nitrogens is 4. The molecule has 0 bridgehead atoms. The largest absolute Gasteiger partial charge is 0.475 e. The number of hydrogen-bond donors (Lipinski definition) is 2. The number of nitrogens with one attached hydrogen (secondary N) is 1. The highest BCUT2D eigenvalue weighted by atomic mass is 35.5. The fourth-order valence-electron chi connectivity index (χ4n) is 2.99. The molecule has 2 aliphatic rings. The molecule has 0 spiro atoms. The zero-order chi connectivity index (χ0) is 19.6. The smallest absolute Gasteiger partial charge is 0.369 e. The number of alkyl halides is 2. The Morgan fingerprint density at radius 3 is 3.04 bits per heavy atom. The van der Waals surface area contributed by atoms with Gasteiger partial charge in [-0.25, -0.2) is 13.9 Å². The van der Waals surface area contributed by atoms with Gasteiger partial charge < -0.3 is 10.5 Å². The van der Waals surface area contributed by atoms with Gasteiger partial charge in [-0.15, -0.1) is 0 Å². The SMILES string of the molecule is CC(C)OP1(=O)OC[C@H]2O[C@@H](n3cnc4c(=O)[nH]c(N)nc43)[C@](F)(Cl)[C@@H]2O1. The molecule has 0 aromatic carbocycles. The van der Waals surface area contributed by atoms with Gasteiger partial charge >= 0.3 is 7.82 Å². The molecule has 0 radical (unpaired) electrons. The van der Waals surface area contributed by atoms with Gasteiger partial charge in [-0.3, -0.25) is 27.9 Å². The summed E-state index contributed by atoms with van der Waals surface area (Å²) in [5, 5.41) is -2.67. The predicted octanol–water partition coefficient (Wildman–Crippen LogP) is 1.45. The van der Waals surface area contributed by atoms with E-state index in [0.29, 0.717) is 0 Å². The van der Waals surface area contributed by atoms with Crippen LogP contribution in [-0.2, 0) is 22.9 Å². The number of phosphoric ester groups is 1. The zero-order valence-corrected chi connectivity index (χ0v) is 15.8. The Kier molecular flexibility index (Phi) is 4.33. The Morgan fingerprint density at radius 1 is 1.59 bits per heavy atom. The lowest BCUT2D eigenvalue weighted by Gasteiger charge is -2.33. The van der Waals surface area contributed by atoms with Gasteiger partial charge in [0, 0.05) is 0 Å². The van der Waals surface area contributed by atoms with E-state index in [1.54, 1.807) is 13.8 Å². The maximum absolute atomic E-state index is 15.5. The van der Waals surface area contributed by atoms with Gasteiger partial charge in [0.05, 0.1) is 19.0 Å². The monoisotopic (exact) mass is 423 g/mol. The number of phosphoric acid groups is 1. The van der Waals surface area contributed by atoms with Gasteiger partial charge in [0.25, 0.3) is 10.7 Å².